The summed E-state index contributed by atoms with van der Waals surface area (Å²) in [6.07, 6.45) is 0.751. The SMILES string of the molecule is C=CCOC(=O)[C@H](CNC(c1ccccc1)(c1ccccc1)c1ccccc1)SC[C@H](NC(=O)OCC1c2ccccc2-c2ccccc21)C(=O)OC(C)(C)C. The third-order valence-corrected chi connectivity index (χ3v) is 10.9. The molecule has 2 atom stereocenters. The third-order valence-electron chi connectivity index (χ3n) is 9.57. The number of carbonyl (C=O) groups is 3. The van der Waals surface area contributed by atoms with Gasteiger partial charge in [0.15, 0.2) is 0 Å². The molecule has 8 nitrogen and oxygen atoms in total. The van der Waals surface area contributed by atoms with Crippen LogP contribution in [-0.4, -0.2) is 60.4 Å². The topological polar surface area (TPSA) is 103 Å². The van der Waals surface area contributed by atoms with E-state index in [2.05, 4.69) is 65.7 Å². The number of esters is 2. The van der Waals surface area contributed by atoms with Crippen LogP contribution < -0.4 is 10.6 Å². The van der Waals surface area contributed by atoms with Gasteiger partial charge in [0, 0.05) is 18.2 Å². The van der Waals surface area contributed by atoms with E-state index in [4.69, 9.17) is 14.2 Å². The number of alkyl carbamates (subject to hydrolysis) is 1. The number of ether oxygens (including phenoxy) is 3. The van der Waals surface area contributed by atoms with Crippen LogP contribution in [0.1, 0.15) is 54.5 Å². The molecule has 0 saturated heterocycles. The van der Waals surface area contributed by atoms with E-state index in [1.54, 1.807) is 20.8 Å². The summed E-state index contributed by atoms with van der Waals surface area (Å²) in [6.45, 7) is 9.24. The first-order valence-electron chi connectivity index (χ1n) is 18.8. The van der Waals surface area contributed by atoms with Crippen LogP contribution in [0.15, 0.2) is 152 Å². The van der Waals surface area contributed by atoms with E-state index in [1.807, 2.05) is 91.0 Å². The molecule has 0 radical (unpaired) electrons. The zero-order chi connectivity index (χ0) is 39.5. The Morgan fingerprint density at radius 2 is 1.18 bits per heavy atom. The fraction of sp³-hybridized carbons (Fsp3) is 0.255. The number of benzene rings is 5. The van der Waals surface area contributed by atoms with Crippen molar-refractivity contribution in [1.29, 1.82) is 0 Å². The highest BCUT2D eigenvalue weighted by Gasteiger charge is 2.38. The average Bonchev–Trinajstić information content (AvgIpc) is 3.53. The molecule has 0 aliphatic heterocycles. The Labute approximate surface area is 333 Å². The first-order valence-corrected chi connectivity index (χ1v) is 19.8. The summed E-state index contributed by atoms with van der Waals surface area (Å²) in [6, 6.07) is 45.2. The van der Waals surface area contributed by atoms with Crippen LogP contribution in [0.3, 0.4) is 0 Å². The molecule has 5 aromatic rings. The Bertz CT molecular complexity index is 1960. The molecule has 9 heteroatoms. The Morgan fingerprint density at radius 1 is 0.696 bits per heavy atom. The van der Waals surface area contributed by atoms with E-state index in [-0.39, 0.29) is 31.4 Å². The second-order valence-electron chi connectivity index (χ2n) is 14.5. The highest BCUT2D eigenvalue weighted by molar-refractivity contribution is 8.00. The first kappa shape index (κ1) is 40.0. The van der Waals surface area contributed by atoms with E-state index in [0.717, 1.165) is 38.9 Å². The lowest BCUT2D eigenvalue weighted by Gasteiger charge is -2.38. The lowest BCUT2D eigenvalue weighted by molar-refractivity contribution is -0.156. The third kappa shape index (κ3) is 9.41. The van der Waals surface area contributed by atoms with Gasteiger partial charge in [-0.2, -0.15) is 0 Å². The Hall–Kier alpha value is -5.64. The van der Waals surface area contributed by atoms with Crippen molar-refractivity contribution < 1.29 is 28.6 Å². The van der Waals surface area contributed by atoms with Gasteiger partial charge in [-0.25, -0.2) is 9.59 Å². The molecule has 1 amide bonds. The van der Waals surface area contributed by atoms with Crippen molar-refractivity contribution in [2.24, 2.45) is 0 Å². The lowest BCUT2D eigenvalue weighted by atomic mass is 9.77. The molecule has 6 rings (SSSR count). The maximum Gasteiger partial charge on any atom is 0.407 e. The monoisotopic (exact) mass is 768 g/mol. The minimum Gasteiger partial charge on any atom is -0.461 e. The van der Waals surface area contributed by atoms with E-state index in [9.17, 15) is 14.4 Å². The van der Waals surface area contributed by atoms with Crippen LogP contribution in [-0.2, 0) is 29.3 Å². The fourth-order valence-corrected chi connectivity index (χ4v) is 8.15. The number of hydrogen-bond donors (Lipinski definition) is 2. The second kappa shape index (κ2) is 18.3. The van der Waals surface area contributed by atoms with Crippen molar-refractivity contribution in [3.05, 3.63) is 180 Å². The van der Waals surface area contributed by atoms with Crippen molar-refractivity contribution in [1.82, 2.24) is 10.6 Å². The smallest absolute Gasteiger partial charge is 0.407 e. The summed E-state index contributed by atoms with van der Waals surface area (Å²) in [7, 11) is 0. The van der Waals surface area contributed by atoms with E-state index in [1.165, 1.54) is 17.8 Å². The van der Waals surface area contributed by atoms with E-state index in [0.29, 0.717) is 0 Å². The Kier molecular flexibility index (Phi) is 13.1. The molecule has 2 N–H and O–H groups in total. The normalized spacial score (nSPS) is 13.4. The van der Waals surface area contributed by atoms with Gasteiger partial charge in [-0.1, -0.05) is 152 Å². The zero-order valence-corrected chi connectivity index (χ0v) is 32.8. The van der Waals surface area contributed by atoms with Crippen molar-refractivity contribution in [3.8, 4) is 11.1 Å². The van der Waals surface area contributed by atoms with Crippen molar-refractivity contribution in [2.45, 2.75) is 49.1 Å². The first-order chi connectivity index (χ1) is 27.1. The molecule has 1 aliphatic carbocycles. The number of amides is 1. The van der Waals surface area contributed by atoms with Gasteiger partial charge in [0.2, 0.25) is 0 Å². The molecule has 0 saturated carbocycles. The van der Waals surface area contributed by atoms with Crippen LogP contribution in [0.25, 0.3) is 11.1 Å². The van der Waals surface area contributed by atoms with Gasteiger partial charge >= 0.3 is 18.0 Å². The molecule has 0 aromatic heterocycles. The molecule has 5 aromatic carbocycles. The quantitative estimate of drug-likeness (QED) is 0.0445. The van der Waals surface area contributed by atoms with Gasteiger partial charge in [-0.3, -0.25) is 10.1 Å². The standard InChI is InChI=1S/C47H48N2O6S/c1-5-29-53-44(51)42(30-48-47(33-19-9-6-10-20-33,34-21-11-7-12-22-34)35-23-13-8-14-24-35)56-32-41(43(50)55-46(2,3)4)49-45(52)54-31-40-38-27-17-15-25-36(38)37-26-16-18-28-39(37)40/h5-28,40-42,48H,1,29-32H2,2-4H3,(H,49,52)/t41-,42-/m0/s1. The van der Waals surface area contributed by atoms with Gasteiger partial charge < -0.3 is 19.5 Å². The molecule has 56 heavy (non-hydrogen) atoms. The number of fused-ring (bicyclic) bond motifs is 3. The van der Waals surface area contributed by atoms with Crippen molar-refractivity contribution in [3.63, 3.8) is 0 Å². The average molecular weight is 769 g/mol. The Balaban J connectivity index is 1.24. The molecule has 0 fully saturated rings. The van der Waals surface area contributed by atoms with Crippen molar-refractivity contribution >= 4 is 29.8 Å². The maximum atomic E-state index is 13.8. The van der Waals surface area contributed by atoms with Gasteiger partial charge in [-0.15, -0.1) is 11.8 Å². The molecular weight excluding hydrogens is 721 g/mol. The number of nitrogens with one attached hydrogen (secondary N) is 2. The number of thioether (sulfide) groups is 1. The summed E-state index contributed by atoms with van der Waals surface area (Å²) in [4.78, 5) is 40.9. The lowest BCUT2D eigenvalue weighted by Crippen LogP contribution is -2.49. The largest absolute Gasteiger partial charge is 0.461 e. The number of rotatable bonds is 16. The van der Waals surface area contributed by atoms with Crippen LogP contribution in [0.5, 0.6) is 0 Å². The molecule has 0 bridgehead atoms. The van der Waals surface area contributed by atoms with Gasteiger partial charge in [0.25, 0.3) is 0 Å². The van der Waals surface area contributed by atoms with Gasteiger partial charge in [0.05, 0.1) is 5.54 Å². The predicted octanol–water partition coefficient (Wildman–Crippen LogP) is 8.65. The summed E-state index contributed by atoms with van der Waals surface area (Å²) in [5.41, 5.74) is 5.62. The number of hydrogen-bond acceptors (Lipinski definition) is 8. The second-order valence-corrected chi connectivity index (χ2v) is 15.8. The van der Waals surface area contributed by atoms with Crippen LogP contribution in [0.2, 0.25) is 0 Å². The highest BCUT2D eigenvalue weighted by Crippen LogP contribution is 2.44. The molecule has 1 aliphatic rings. The summed E-state index contributed by atoms with van der Waals surface area (Å²) < 4.78 is 17.2. The summed E-state index contributed by atoms with van der Waals surface area (Å²) in [5.74, 6) is -1.29. The van der Waals surface area contributed by atoms with Gasteiger partial charge in [-0.05, 0) is 59.7 Å². The summed E-state index contributed by atoms with van der Waals surface area (Å²) in [5, 5.41) is 5.71. The van der Waals surface area contributed by atoms with Crippen molar-refractivity contribution in [2.75, 3.05) is 25.5 Å². The van der Waals surface area contributed by atoms with Crippen LogP contribution >= 0.6 is 11.8 Å². The van der Waals surface area contributed by atoms with Crippen LogP contribution in [0, 0.1) is 0 Å². The minimum absolute atomic E-state index is 0.00363. The zero-order valence-electron chi connectivity index (χ0n) is 32.0. The number of carbonyl (C=O) groups excluding carboxylic acids is 3. The molecular formula is C47H48N2O6S. The predicted molar refractivity (Wildman–Crippen MR) is 222 cm³/mol. The highest BCUT2D eigenvalue weighted by atomic mass is 32.2. The van der Waals surface area contributed by atoms with Crippen LogP contribution in [0.4, 0.5) is 4.79 Å². The van der Waals surface area contributed by atoms with Gasteiger partial charge in [0.1, 0.15) is 30.1 Å². The van der Waals surface area contributed by atoms with E-state index < -0.39 is 40.5 Å². The molecule has 0 unspecified atom stereocenters. The molecule has 0 spiro atoms. The summed E-state index contributed by atoms with van der Waals surface area (Å²) >= 11 is 1.19. The molecule has 0 heterocycles. The maximum absolute atomic E-state index is 13.8. The minimum atomic E-state index is -1.13. The Morgan fingerprint density at radius 3 is 1.66 bits per heavy atom. The fourth-order valence-electron chi connectivity index (χ4n) is 7.10. The van der Waals surface area contributed by atoms with E-state index >= 15 is 0 Å². The molecule has 288 valence electrons.